The Labute approximate surface area is 235 Å². The molecule has 0 saturated carbocycles. The Morgan fingerprint density at radius 2 is 1.65 bits per heavy atom. The number of nitrogens with one attached hydrogen (secondary N) is 2. The van der Waals surface area contributed by atoms with Gasteiger partial charge < -0.3 is 25.6 Å². The topological polar surface area (TPSA) is 145 Å². The standard InChI is InChI=1S/C27H26ClN3O3.C2H2O4/c28-23-14-21(15-24-26(23)34-17-25(32)30-24)29-27(33)19-9-10-22(18-7-3-1-4-8-18)20(13-19)16-31-11-5-2-6-12-31;3-1(4)2(5)6/h1,3-4,7-10,13-15H,2,5-6,11-12,16-17H2,(H,29,33)(H,30,32);(H,3,4)(H,5,6). The number of benzene rings is 3. The molecule has 0 aliphatic carbocycles. The number of carboxylic acid groups (broad SMARTS) is 2. The molecule has 2 heterocycles. The van der Waals surface area contributed by atoms with Crippen molar-refractivity contribution in [3.05, 3.63) is 76.8 Å². The van der Waals surface area contributed by atoms with Gasteiger partial charge in [0.2, 0.25) is 0 Å². The van der Waals surface area contributed by atoms with Crippen LogP contribution in [0.4, 0.5) is 11.4 Å². The lowest BCUT2D eigenvalue weighted by molar-refractivity contribution is -0.159. The predicted molar refractivity (Wildman–Crippen MR) is 150 cm³/mol. The molecular formula is C29H28ClN3O7. The molecule has 208 valence electrons. The third-order valence-electron chi connectivity index (χ3n) is 6.40. The van der Waals surface area contributed by atoms with Crippen LogP contribution >= 0.6 is 11.6 Å². The molecule has 0 unspecified atom stereocenters. The van der Waals surface area contributed by atoms with Crippen molar-refractivity contribution in [1.82, 2.24) is 4.90 Å². The van der Waals surface area contributed by atoms with Gasteiger partial charge in [-0.25, -0.2) is 9.59 Å². The van der Waals surface area contributed by atoms with Crippen LogP contribution in [0.3, 0.4) is 0 Å². The van der Waals surface area contributed by atoms with E-state index in [2.05, 4.69) is 27.7 Å². The Morgan fingerprint density at radius 1 is 0.950 bits per heavy atom. The minimum atomic E-state index is -1.82. The van der Waals surface area contributed by atoms with Crippen LogP contribution in [0.25, 0.3) is 11.1 Å². The molecule has 5 rings (SSSR count). The van der Waals surface area contributed by atoms with Crippen molar-refractivity contribution >= 4 is 46.7 Å². The van der Waals surface area contributed by atoms with Crippen molar-refractivity contribution in [2.75, 3.05) is 30.3 Å². The van der Waals surface area contributed by atoms with E-state index in [4.69, 9.17) is 36.1 Å². The number of carboxylic acids is 2. The molecule has 2 aliphatic rings. The van der Waals surface area contributed by atoms with Crippen LogP contribution < -0.4 is 15.4 Å². The van der Waals surface area contributed by atoms with E-state index in [0.717, 1.165) is 36.3 Å². The van der Waals surface area contributed by atoms with Crippen LogP contribution in [0.5, 0.6) is 5.75 Å². The number of piperidine rings is 1. The fraction of sp³-hybridized carbons (Fsp3) is 0.241. The summed E-state index contributed by atoms with van der Waals surface area (Å²) >= 11 is 6.31. The molecule has 0 atom stereocenters. The summed E-state index contributed by atoms with van der Waals surface area (Å²) in [5.41, 5.74) is 4.91. The number of carbonyl (C=O) groups excluding carboxylic acids is 2. The average molecular weight is 566 g/mol. The van der Waals surface area contributed by atoms with E-state index in [1.807, 2.05) is 36.4 Å². The molecule has 1 fully saturated rings. The Bertz CT molecular complexity index is 1410. The number of anilines is 2. The lowest BCUT2D eigenvalue weighted by Crippen LogP contribution is -2.29. The molecule has 0 aromatic heterocycles. The van der Waals surface area contributed by atoms with Gasteiger partial charge in [-0.1, -0.05) is 54.4 Å². The fourth-order valence-corrected chi connectivity index (χ4v) is 4.83. The molecule has 40 heavy (non-hydrogen) atoms. The summed E-state index contributed by atoms with van der Waals surface area (Å²) in [6.07, 6.45) is 3.69. The van der Waals surface area contributed by atoms with Crippen LogP contribution in [0.2, 0.25) is 5.02 Å². The molecule has 0 spiro atoms. The highest BCUT2D eigenvalue weighted by atomic mass is 35.5. The summed E-state index contributed by atoms with van der Waals surface area (Å²) < 4.78 is 5.39. The highest BCUT2D eigenvalue weighted by Gasteiger charge is 2.21. The lowest BCUT2D eigenvalue weighted by Gasteiger charge is -2.27. The smallest absolute Gasteiger partial charge is 0.414 e. The van der Waals surface area contributed by atoms with Crippen LogP contribution in [0.15, 0.2) is 60.7 Å². The maximum atomic E-state index is 13.2. The summed E-state index contributed by atoms with van der Waals surface area (Å²) in [4.78, 5) is 45.5. The highest BCUT2D eigenvalue weighted by molar-refractivity contribution is 6.33. The molecular weight excluding hydrogens is 538 g/mol. The normalized spacial score (nSPS) is 14.5. The fourth-order valence-electron chi connectivity index (χ4n) is 4.56. The summed E-state index contributed by atoms with van der Waals surface area (Å²) in [7, 11) is 0. The van der Waals surface area contributed by atoms with E-state index in [0.29, 0.717) is 27.7 Å². The van der Waals surface area contributed by atoms with Gasteiger partial charge in [-0.2, -0.15) is 0 Å². The van der Waals surface area contributed by atoms with Gasteiger partial charge in [-0.3, -0.25) is 14.5 Å². The second-order valence-corrected chi connectivity index (χ2v) is 9.72. The number of halogens is 1. The molecule has 10 nitrogen and oxygen atoms in total. The second kappa shape index (κ2) is 13.1. The van der Waals surface area contributed by atoms with E-state index in [1.54, 1.807) is 12.1 Å². The number of ether oxygens (including phenoxy) is 1. The maximum absolute atomic E-state index is 13.2. The van der Waals surface area contributed by atoms with E-state index >= 15 is 0 Å². The first-order chi connectivity index (χ1) is 19.2. The van der Waals surface area contributed by atoms with E-state index in [1.165, 1.54) is 19.3 Å². The van der Waals surface area contributed by atoms with Gasteiger partial charge in [0.25, 0.3) is 11.8 Å². The average Bonchev–Trinajstić information content (AvgIpc) is 2.94. The van der Waals surface area contributed by atoms with Crippen molar-refractivity contribution in [2.24, 2.45) is 0 Å². The highest BCUT2D eigenvalue weighted by Crippen LogP contribution is 2.38. The summed E-state index contributed by atoms with van der Waals surface area (Å²) in [5.74, 6) is -3.73. The van der Waals surface area contributed by atoms with Crippen molar-refractivity contribution in [3.63, 3.8) is 0 Å². The first kappa shape index (κ1) is 28.6. The number of hydrogen-bond acceptors (Lipinski definition) is 6. The number of rotatable bonds is 5. The first-order valence-electron chi connectivity index (χ1n) is 12.7. The Balaban J connectivity index is 0.000000557. The monoisotopic (exact) mass is 565 g/mol. The Kier molecular flexibility index (Phi) is 9.36. The molecule has 1 saturated heterocycles. The minimum absolute atomic E-state index is 0.0774. The summed E-state index contributed by atoms with van der Waals surface area (Å²) in [6, 6.07) is 19.4. The molecule has 3 aromatic rings. The van der Waals surface area contributed by atoms with Crippen molar-refractivity contribution in [1.29, 1.82) is 0 Å². The number of amides is 2. The van der Waals surface area contributed by atoms with Gasteiger partial charge in [0.05, 0.1) is 10.7 Å². The number of nitrogens with zero attached hydrogens (tertiary/aromatic N) is 1. The predicted octanol–water partition coefficient (Wildman–Crippen LogP) is 4.73. The molecule has 0 bridgehead atoms. The van der Waals surface area contributed by atoms with Gasteiger partial charge in [-0.05, 0) is 66.9 Å². The number of aliphatic carboxylic acids is 2. The van der Waals surface area contributed by atoms with Gasteiger partial charge in [-0.15, -0.1) is 0 Å². The summed E-state index contributed by atoms with van der Waals surface area (Å²) in [6.45, 7) is 2.88. The molecule has 2 aliphatic heterocycles. The van der Waals surface area contributed by atoms with Gasteiger partial charge in [0, 0.05) is 17.8 Å². The zero-order chi connectivity index (χ0) is 28.6. The minimum Gasteiger partial charge on any atom is -0.480 e. The number of likely N-dealkylation sites (tertiary alicyclic amines) is 1. The zero-order valence-corrected chi connectivity index (χ0v) is 22.2. The zero-order valence-electron chi connectivity index (χ0n) is 21.5. The van der Waals surface area contributed by atoms with E-state index < -0.39 is 11.9 Å². The van der Waals surface area contributed by atoms with E-state index in [-0.39, 0.29) is 18.4 Å². The largest absolute Gasteiger partial charge is 0.480 e. The lowest BCUT2D eigenvalue weighted by atomic mass is 9.96. The van der Waals surface area contributed by atoms with Crippen LogP contribution in [-0.2, 0) is 20.9 Å². The Morgan fingerprint density at radius 3 is 2.33 bits per heavy atom. The second-order valence-electron chi connectivity index (χ2n) is 9.31. The first-order valence-corrected chi connectivity index (χ1v) is 13.0. The third kappa shape index (κ3) is 7.37. The molecule has 0 radical (unpaired) electrons. The van der Waals surface area contributed by atoms with E-state index in [9.17, 15) is 9.59 Å². The molecule has 4 N–H and O–H groups in total. The van der Waals surface area contributed by atoms with Gasteiger partial charge >= 0.3 is 11.9 Å². The molecule has 3 aromatic carbocycles. The molecule has 2 amide bonds. The quantitative estimate of drug-likeness (QED) is 0.325. The van der Waals surface area contributed by atoms with Crippen LogP contribution in [-0.4, -0.2) is 58.6 Å². The molecule has 11 heteroatoms. The SMILES string of the molecule is O=C(O)C(=O)O.O=C1COc2c(Cl)cc(NC(=O)c3ccc(-c4ccccc4)c(CN4CCCCC4)c3)cc2N1. The number of fused-ring (bicyclic) bond motifs is 1. The maximum Gasteiger partial charge on any atom is 0.414 e. The van der Waals surface area contributed by atoms with Gasteiger partial charge in [0.1, 0.15) is 0 Å². The van der Waals surface area contributed by atoms with Gasteiger partial charge in [0.15, 0.2) is 12.4 Å². The Hall–Kier alpha value is -4.41. The summed E-state index contributed by atoms with van der Waals surface area (Å²) in [5, 5.41) is 20.8. The van der Waals surface area contributed by atoms with Crippen LogP contribution in [0, 0.1) is 0 Å². The van der Waals surface area contributed by atoms with Crippen LogP contribution in [0.1, 0.15) is 35.2 Å². The number of hydrogen-bond donors (Lipinski definition) is 4. The van der Waals surface area contributed by atoms with Crippen molar-refractivity contribution in [3.8, 4) is 16.9 Å². The third-order valence-corrected chi connectivity index (χ3v) is 6.68. The van der Waals surface area contributed by atoms with Crippen molar-refractivity contribution < 1.29 is 34.1 Å². The van der Waals surface area contributed by atoms with Crippen molar-refractivity contribution in [2.45, 2.75) is 25.8 Å². The number of carbonyl (C=O) groups is 4.